The van der Waals surface area contributed by atoms with Gasteiger partial charge in [0, 0.05) is 29.1 Å². The fourth-order valence-corrected chi connectivity index (χ4v) is 3.95. The molecule has 0 aromatic carbocycles. The van der Waals surface area contributed by atoms with Crippen molar-refractivity contribution in [2.75, 3.05) is 18.8 Å². The zero-order valence-electron chi connectivity index (χ0n) is 9.73. The molecule has 0 amide bonds. The van der Waals surface area contributed by atoms with E-state index in [2.05, 4.69) is 28.9 Å². The zero-order chi connectivity index (χ0) is 11.4. The zero-order valence-corrected chi connectivity index (χ0v) is 10.5. The Kier molecular flexibility index (Phi) is 1.92. The summed E-state index contributed by atoms with van der Waals surface area (Å²) < 4.78 is 0. The fraction of sp³-hybridized carbons (Fsp3) is 0.385. The molecule has 0 unspecified atom stereocenters. The van der Waals surface area contributed by atoms with Gasteiger partial charge in [0.05, 0.1) is 17.3 Å². The molecule has 0 radical (unpaired) electrons. The quantitative estimate of drug-likeness (QED) is 0.700. The second-order valence-electron chi connectivity index (χ2n) is 4.59. The third-order valence-electron chi connectivity index (χ3n) is 3.50. The van der Waals surface area contributed by atoms with Gasteiger partial charge in [0.2, 0.25) is 0 Å². The lowest BCUT2D eigenvalue weighted by Gasteiger charge is -2.28. The van der Waals surface area contributed by atoms with Gasteiger partial charge >= 0.3 is 0 Å². The van der Waals surface area contributed by atoms with Crippen LogP contribution < -0.4 is 0 Å². The Labute approximate surface area is 105 Å². The molecule has 0 fully saturated rings. The number of amidine groups is 1. The van der Waals surface area contributed by atoms with Gasteiger partial charge in [-0.05, 0) is 25.5 Å². The molecular formula is C13H13N3S. The first kappa shape index (κ1) is 9.71. The summed E-state index contributed by atoms with van der Waals surface area (Å²) in [6.07, 6.45) is 1.15. The van der Waals surface area contributed by atoms with Crippen LogP contribution in [0.1, 0.15) is 23.4 Å². The molecule has 3 aliphatic heterocycles. The topological polar surface area (TPSA) is 28.5 Å². The minimum Gasteiger partial charge on any atom is -0.319 e. The summed E-state index contributed by atoms with van der Waals surface area (Å²) in [5.41, 5.74) is 4.95. The molecule has 4 heteroatoms. The van der Waals surface area contributed by atoms with E-state index >= 15 is 0 Å². The molecule has 0 atom stereocenters. The third-order valence-corrected chi connectivity index (χ3v) is 4.64. The summed E-state index contributed by atoms with van der Waals surface area (Å²) >= 11 is 1.96. The summed E-state index contributed by atoms with van der Waals surface area (Å²) in [6.45, 7) is 4.01. The summed E-state index contributed by atoms with van der Waals surface area (Å²) in [4.78, 5) is 11.8. The van der Waals surface area contributed by atoms with Crippen LogP contribution in [0.3, 0.4) is 0 Å². The van der Waals surface area contributed by atoms with Crippen LogP contribution in [0.25, 0.3) is 5.57 Å². The van der Waals surface area contributed by atoms with E-state index in [4.69, 9.17) is 4.98 Å². The van der Waals surface area contributed by atoms with Gasteiger partial charge in [0.25, 0.3) is 0 Å². The maximum Gasteiger partial charge on any atom is 0.138 e. The van der Waals surface area contributed by atoms with E-state index < -0.39 is 0 Å². The van der Waals surface area contributed by atoms with Crippen LogP contribution in [0.2, 0.25) is 0 Å². The highest BCUT2D eigenvalue weighted by Crippen LogP contribution is 2.44. The Hall–Kier alpha value is -1.29. The van der Waals surface area contributed by atoms with E-state index in [1.54, 1.807) is 0 Å². The van der Waals surface area contributed by atoms with Gasteiger partial charge in [-0.3, -0.25) is 9.98 Å². The second-order valence-corrected chi connectivity index (χ2v) is 5.67. The largest absolute Gasteiger partial charge is 0.319 e. The van der Waals surface area contributed by atoms with E-state index in [-0.39, 0.29) is 0 Å². The van der Waals surface area contributed by atoms with E-state index in [0.29, 0.717) is 0 Å². The van der Waals surface area contributed by atoms with Crippen molar-refractivity contribution in [3.05, 3.63) is 34.1 Å². The van der Waals surface area contributed by atoms with E-state index in [0.717, 1.165) is 31.0 Å². The average molecular weight is 243 g/mol. The van der Waals surface area contributed by atoms with Crippen molar-refractivity contribution >= 4 is 23.2 Å². The molecule has 0 N–H and O–H groups in total. The summed E-state index contributed by atoms with van der Waals surface area (Å²) in [5, 5.41) is 1.41. The van der Waals surface area contributed by atoms with Crippen molar-refractivity contribution in [1.29, 1.82) is 0 Å². The van der Waals surface area contributed by atoms with Crippen molar-refractivity contribution in [2.45, 2.75) is 13.3 Å². The lowest BCUT2D eigenvalue weighted by molar-refractivity contribution is 0.597. The van der Waals surface area contributed by atoms with Gasteiger partial charge in [0.15, 0.2) is 0 Å². The first-order chi connectivity index (χ1) is 8.34. The summed E-state index contributed by atoms with van der Waals surface area (Å²) in [6, 6.07) is 4.27. The highest BCUT2D eigenvalue weighted by molar-refractivity contribution is 8.03. The van der Waals surface area contributed by atoms with Gasteiger partial charge in [-0.1, -0.05) is 0 Å². The Morgan fingerprint density at radius 3 is 3.24 bits per heavy atom. The molecule has 86 valence electrons. The van der Waals surface area contributed by atoms with Crippen LogP contribution in [0.5, 0.6) is 0 Å². The van der Waals surface area contributed by atoms with Crippen LogP contribution in [0.4, 0.5) is 0 Å². The summed E-state index contributed by atoms with van der Waals surface area (Å²) in [7, 11) is 0. The maximum absolute atomic E-state index is 4.74. The number of rotatable bonds is 0. The Balaban J connectivity index is 2.02. The Morgan fingerprint density at radius 2 is 2.29 bits per heavy atom. The molecule has 0 bridgehead atoms. The van der Waals surface area contributed by atoms with Gasteiger partial charge in [-0.2, -0.15) is 0 Å². The second kappa shape index (κ2) is 3.35. The molecule has 1 aromatic heterocycles. The maximum atomic E-state index is 4.74. The molecular weight excluding hydrogens is 230 g/mol. The van der Waals surface area contributed by atoms with Crippen LogP contribution in [0, 0.1) is 6.92 Å². The van der Waals surface area contributed by atoms with Crippen LogP contribution in [-0.2, 0) is 0 Å². The number of nitrogens with zero attached hydrogens (tertiary/aromatic N) is 3. The Morgan fingerprint density at radius 1 is 1.35 bits per heavy atom. The van der Waals surface area contributed by atoms with E-state index in [1.165, 1.54) is 27.6 Å². The molecule has 1 aromatic rings. The number of hydrogen-bond acceptors (Lipinski definition) is 4. The number of aromatic nitrogens is 1. The average Bonchev–Trinajstić information content (AvgIpc) is 2.97. The predicted octanol–water partition coefficient (Wildman–Crippen LogP) is 2.27. The molecule has 3 aliphatic rings. The lowest BCUT2D eigenvalue weighted by atomic mass is 9.99. The van der Waals surface area contributed by atoms with Crippen molar-refractivity contribution in [3.8, 4) is 0 Å². The number of allylic oxidation sites excluding steroid dienone is 1. The van der Waals surface area contributed by atoms with E-state index in [1.807, 2.05) is 11.8 Å². The smallest absolute Gasteiger partial charge is 0.138 e. The molecule has 0 saturated carbocycles. The molecule has 0 aliphatic carbocycles. The van der Waals surface area contributed by atoms with Gasteiger partial charge in [-0.25, -0.2) is 0 Å². The van der Waals surface area contributed by atoms with Crippen molar-refractivity contribution in [2.24, 2.45) is 4.99 Å². The standard InChI is InChI=1S/C13H13N3S/c1-8-2-3-9-11(15-8)10-4-7-17-13(10)16-6-5-14-12(9)16/h2-3H,4-7H2,1H3. The van der Waals surface area contributed by atoms with Crippen molar-refractivity contribution in [3.63, 3.8) is 0 Å². The lowest BCUT2D eigenvalue weighted by Crippen LogP contribution is -2.31. The first-order valence-electron chi connectivity index (χ1n) is 6.01. The van der Waals surface area contributed by atoms with Crippen molar-refractivity contribution in [1.82, 2.24) is 9.88 Å². The number of aliphatic imine (C=N–C) groups is 1. The molecule has 4 heterocycles. The van der Waals surface area contributed by atoms with Gasteiger partial charge < -0.3 is 4.90 Å². The normalized spacial score (nSPS) is 21.2. The fourth-order valence-electron chi connectivity index (χ4n) is 2.75. The van der Waals surface area contributed by atoms with E-state index in [9.17, 15) is 0 Å². The molecule has 0 saturated heterocycles. The van der Waals surface area contributed by atoms with Gasteiger partial charge in [0.1, 0.15) is 5.84 Å². The minimum absolute atomic E-state index is 0.917. The van der Waals surface area contributed by atoms with Crippen LogP contribution in [-0.4, -0.2) is 34.6 Å². The highest BCUT2D eigenvalue weighted by atomic mass is 32.2. The van der Waals surface area contributed by atoms with Crippen LogP contribution >= 0.6 is 11.8 Å². The molecule has 0 spiro atoms. The van der Waals surface area contributed by atoms with Gasteiger partial charge in [-0.15, -0.1) is 11.8 Å². The number of aryl methyl sites for hydroxylation is 1. The number of fused-ring (bicyclic) bond motifs is 5. The predicted molar refractivity (Wildman–Crippen MR) is 71.1 cm³/mol. The Bertz CT molecular complexity index is 574. The monoisotopic (exact) mass is 243 g/mol. The molecule has 3 nitrogen and oxygen atoms in total. The molecule has 17 heavy (non-hydrogen) atoms. The number of hydrogen-bond donors (Lipinski definition) is 0. The van der Waals surface area contributed by atoms with Crippen LogP contribution in [0.15, 0.2) is 22.2 Å². The highest BCUT2D eigenvalue weighted by Gasteiger charge is 2.35. The minimum atomic E-state index is 0.917. The number of pyridine rings is 1. The van der Waals surface area contributed by atoms with Crippen molar-refractivity contribution < 1.29 is 0 Å². The number of thioether (sulfide) groups is 1. The SMILES string of the molecule is Cc1ccc2c(n1)C1=C(SCC1)N1CCN=C21. The molecule has 4 rings (SSSR count). The first-order valence-corrected chi connectivity index (χ1v) is 6.99. The third kappa shape index (κ3) is 1.24. The summed E-state index contributed by atoms with van der Waals surface area (Å²) in [5.74, 6) is 2.32.